The number of fused-ring (bicyclic) bond motifs is 3. The summed E-state index contributed by atoms with van der Waals surface area (Å²) in [5.74, 6) is -0.432. The topological polar surface area (TPSA) is 108 Å². The SMILES string of the molecule is Cc1nc(N[C@@H](C(=O)O)[C@H](C)O)c2oc3ccccc3c2n1. The Balaban J connectivity index is 2.18. The van der Waals surface area contributed by atoms with Crippen LogP contribution in [-0.4, -0.2) is 38.3 Å². The molecular formula is C15H15N3O4. The number of aryl methyl sites for hydroxylation is 1. The zero-order chi connectivity index (χ0) is 15.9. The monoisotopic (exact) mass is 301 g/mol. The van der Waals surface area contributed by atoms with Crippen LogP contribution >= 0.6 is 0 Å². The smallest absolute Gasteiger partial charge is 0.328 e. The van der Waals surface area contributed by atoms with Crippen molar-refractivity contribution < 1.29 is 19.4 Å². The summed E-state index contributed by atoms with van der Waals surface area (Å²) in [6, 6.07) is 6.21. The molecule has 0 spiro atoms. The van der Waals surface area contributed by atoms with E-state index in [0.717, 1.165) is 5.39 Å². The Morgan fingerprint density at radius 2 is 2.05 bits per heavy atom. The lowest BCUT2D eigenvalue weighted by Crippen LogP contribution is -2.39. The van der Waals surface area contributed by atoms with Crippen LogP contribution in [0.1, 0.15) is 12.7 Å². The standard InChI is InChI=1S/C15H15N3O4/c1-7(19)11(15(20)21)18-14-13-12(16-8(2)17-14)9-5-3-4-6-10(9)22-13/h3-7,11,19H,1-2H3,(H,20,21)(H,16,17,18)/t7-,11+/m0/s1. The molecule has 7 heteroatoms. The number of nitrogens with one attached hydrogen (secondary N) is 1. The number of furan rings is 1. The third-order valence-corrected chi connectivity index (χ3v) is 3.37. The second-order valence-electron chi connectivity index (χ2n) is 5.10. The van der Waals surface area contributed by atoms with E-state index in [1.54, 1.807) is 13.0 Å². The molecule has 0 radical (unpaired) electrons. The molecule has 0 aliphatic rings. The Morgan fingerprint density at radius 1 is 1.32 bits per heavy atom. The van der Waals surface area contributed by atoms with Crippen LogP contribution in [0.25, 0.3) is 22.1 Å². The highest BCUT2D eigenvalue weighted by atomic mass is 16.4. The van der Waals surface area contributed by atoms with Gasteiger partial charge in [0.25, 0.3) is 0 Å². The lowest BCUT2D eigenvalue weighted by molar-refractivity contribution is -0.140. The fourth-order valence-corrected chi connectivity index (χ4v) is 2.34. The molecule has 0 saturated heterocycles. The van der Waals surface area contributed by atoms with Gasteiger partial charge in [0.05, 0.1) is 6.10 Å². The van der Waals surface area contributed by atoms with E-state index in [2.05, 4.69) is 15.3 Å². The lowest BCUT2D eigenvalue weighted by atomic mass is 10.2. The van der Waals surface area contributed by atoms with E-state index >= 15 is 0 Å². The maximum atomic E-state index is 11.2. The molecule has 114 valence electrons. The van der Waals surface area contributed by atoms with Crippen LogP contribution in [0, 0.1) is 6.92 Å². The predicted octanol–water partition coefficient (Wildman–Crippen LogP) is 1.93. The van der Waals surface area contributed by atoms with Crippen LogP contribution in [0.15, 0.2) is 28.7 Å². The van der Waals surface area contributed by atoms with E-state index in [1.165, 1.54) is 6.92 Å². The van der Waals surface area contributed by atoms with E-state index in [9.17, 15) is 15.0 Å². The Labute approximate surface area is 125 Å². The van der Waals surface area contributed by atoms with Crippen molar-refractivity contribution >= 4 is 33.9 Å². The lowest BCUT2D eigenvalue weighted by Gasteiger charge is -2.17. The number of benzene rings is 1. The van der Waals surface area contributed by atoms with Gasteiger partial charge in [-0.15, -0.1) is 0 Å². The minimum absolute atomic E-state index is 0.256. The number of rotatable bonds is 4. The maximum absolute atomic E-state index is 11.2. The number of aliphatic carboxylic acids is 1. The van der Waals surface area contributed by atoms with Crippen molar-refractivity contribution in [3.05, 3.63) is 30.1 Å². The zero-order valence-electron chi connectivity index (χ0n) is 12.1. The van der Waals surface area contributed by atoms with Crippen LogP contribution in [0.4, 0.5) is 5.82 Å². The average Bonchev–Trinajstić information content (AvgIpc) is 2.82. The average molecular weight is 301 g/mol. The van der Waals surface area contributed by atoms with Crippen LogP contribution in [0.5, 0.6) is 0 Å². The highest BCUT2D eigenvalue weighted by molar-refractivity contribution is 6.05. The van der Waals surface area contributed by atoms with Crippen molar-refractivity contribution in [3.63, 3.8) is 0 Å². The van der Waals surface area contributed by atoms with Gasteiger partial charge in [-0.25, -0.2) is 14.8 Å². The largest absolute Gasteiger partial charge is 0.480 e. The van der Waals surface area contributed by atoms with E-state index in [-0.39, 0.29) is 5.82 Å². The summed E-state index contributed by atoms with van der Waals surface area (Å²) in [5.41, 5.74) is 1.63. The number of anilines is 1. The molecule has 0 fully saturated rings. The molecular weight excluding hydrogens is 286 g/mol. The van der Waals surface area contributed by atoms with Crippen molar-refractivity contribution in [2.45, 2.75) is 26.0 Å². The minimum atomic E-state index is -1.19. The molecule has 0 saturated carbocycles. The molecule has 2 atom stereocenters. The Bertz CT molecular complexity index is 856. The number of nitrogens with zero attached hydrogens (tertiary/aromatic N) is 2. The van der Waals surface area contributed by atoms with Crippen LogP contribution in [-0.2, 0) is 4.79 Å². The molecule has 2 heterocycles. The van der Waals surface area contributed by atoms with E-state index < -0.39 is 18.1 Å². The molecule has 0 unspecified atom stereocenters. The van der Waals surface area contributed by atoms with Gasteiger partial charge in [0.2, 0.25) is 0 Å². The van der Waals surface area contributed by atoms with E-state index in [0.29, 0.717) is 22.5 Å². The second-order valence-corrected chi connectivity index (χ2v) is 5.10. The van der Waals surface area contributed by atoms with Crippen LogP contribution < -0.4 is 5.32 Å². The Kier molecular flexibility index (Phi) is 3.42. The summed E-state index contributed by atoms with van der Waals surface area (Å²) < 4.78 is 5.74. The summed E-state index contributed by atoms with van der Waals surface area (Å²) in [4.78, 5) is 19.8. The number of aliphatic hydroxyl groups excluding tert-OH is 1. The second kappa shape index (κ2) is 5.27. The number of hydrogen-bond donors (Lipinski definition) is 3. The van der Waals surface area contributed by atoms with E-state index in [4.69, 9.17) is 4.42 Å². The Morgan fingerprint density at radius 3 is 2.73 bits per heavy atom. The summed E-state index contributed by atoms with van der Waals surface area (Å²) in [6.45, 7) is 3.11. The van der Waals surface area contributed by atoms with Crippen molar-refractivity contribution in [1.82, 2.24) is 9.97 Å². The normalized spacial score (nSPS) is 14.1. The Hall–Kier alpha value is -2.67. The van der Waals surface area contributed by atoms with Crippen molar-refractivity contribution in [2.75, 3.05) is 5.32 Å². The van der Waals surface area contributed by atoms with Gasteiger partial charge < -0.3 is 19.9 Å². The van der Waals surface area contributed by atoms with Gasteiger partial charge in [-0.3, -0.25) is 0 Å². The first-order chi connectivity index (χ1) is 10.5. The predicted molar refractivity (Wildman–Crippen MR) is 80.8 cm³/mol. The summed E-state index contributed by atoms with van der Waals surface area (Å²) in [5, 5.41) is 22.4. The third-order valence-electron chi connectivity index (χ3n) is 3.37. The van der Waals surface area contributed by atoms with Gasteiger partial charge in [0.15, 0.2) is 17.4 Å². The summed E-state index contributed by atoms with van der Waals surface area (Å²) >= 11 is 0. The molecule has 0 bridgehead atoms. The summed E-state index contributed by atoms with van der Waals surface area (Å²) in [7, 11) is 0. The number of aliphatic hydroxyl groups is 1. The first kappa shape index (κ1) is 14.3. The fraction of sp³-hybridized carbons (Fsp3) is 0.267. The van der Waals surface area contributed by atoms with Gasteiger partial charge >= 0.3 is 5.97 Å². The molecule has 3 rings (SSSR count). The van der Waals surface area contributed by atoms with Gasteiger partial charge in [-0.2, -0.15) is 0 Å². The van der Waals surface area contributed by atoms with Crippen molar-refractivity contribution in [3.8, 4) is 0 Å². The highest BCUT2D eigenvalue weighted by Crippen LogP contribution is 2.31. The van der Waals surface area contributed by atoms with Gasteiger partial charge in [0, 0.05) is 5.39 Å². The van der Waals surface area contributed by atoms with E-state index in [1.807, 2.05) is 18.2 Å². The quantitative estimate of drug-likeness (QED) is 0.675. The van der Waals surface area contributed by atoms with Gasteiger partial charge in [0.1, 0.15) is 16.9 Å². The molecule has 0 amide bonds. The molecule has 3 N–H and O–H groups in total. The number of aromatic nitrogens is 2. The molecule has 1 aromatic carbocycles. The van der Waals surface area contributed by atoms with Crippen LogP contribution in [0.3, 0.4) is 0 Å². The van der Waals surface area contributed by atoms with Crippen molar-refractivity contribution in [1.29, 1.82) is 0 Å². The zero-order valence-corrected chi connectivity index (χ0v) is 12.1. The molecule has 0 aliphatic heterocycles. The molecule has 2 aromatic heterocycles. The maximum Gasteiger partial charge on any atom is 0.328 e. The first-order valence-electron chi connectivity index (χ1n) is 6.80. The van der Waals surface area contributed by atoms with Gasteiger partial charge in [-0.05, 0) is 26.0 Å². The molecule has 7 nitrogen and oxygen atoms in total. The number of hydrogen-bond acceptors (Lipinski definition) is 6. The number of carboxylic acids is 1. The number of carbonyl (C=O) groups is 1. The third kappa shape index (κ3) is 2.35. The minimum Gasteiger partial charge on any atom is -0.480 e. The first-order valence-corrected chi connectivity index (χ1v) is 6.80. The van der Waals surface area contributed by atoms with Gasteiger partial charge in [-0.1, -0.05) is 12.1 Å². The van der Waals surface area contributed by atoms with Crippen molar-refractivity contribution in [2.24, 2.45) is 0 Å². The summed E-state index contributed by atoms with van der Waals surface area (Å²) in [6.07, 6.45) is -1.09. The fourth-order valence-electron chi connectivity index (χ4n) is 2.34. The highest BCUT2D eigenvalue weighted by Gasteiger charge is 2.25. The molecule has 0 aliphatic carbocycles. The number of carboxylic acid groups (broad SMARTS) is 1. The van der Waals surface area contributed by atoms with Crippen LogP contribution in [0.2, 0.25) is 0 Å². The molecule has 3 aromatic rings. The molecule has 22 heavy (non-hydrogen) atoms. The number of para-hydroxylation sites is 1.